The van der Waals surface area contributed by atoms with Gasteiger partial charge >= 0.3 is 0 Å². The summed E-state index contributed by atoms with van der Waals surface area (Å²) in [5, 5.41) is 0.113. The van der Waals surface area contributed by atoms with E-state index >= 15 is 0 Å². The van der Waals surface area contributed by atoms with Gasteiger partial charge in [0, 0.05) is 58.3 Å². The Morgan fingerprint density at radius 3 is 1.28 bits per heavy atom. The number of rotatable bonds is 3. The van der Waals surface area contributed by atoms with Crippen LogP contribution in [-0.2, 0) is 9.59 Å². The summed E-state index contributed by atoms with van der Waals surface area (Å²) < 4.78 is 0. The maximum absolute atomic E-state index is 11.2. The molecule has 0 fully saturated rings. The van der Waals surface area contributed by atoms with E-state index in [9.17, 15) is 9.59 Å². The molecular weight excluding hydrogens is 484 g/mol. The maximum atomic E-state index is 11.2. The first-order chi connectivity index (χ1) is 17.4. The van der Waals surface area contributed by atoms with Crippen molar-refractivity contribution in [1.82, 2.24) is 9.97 Å². The Kier molecular flexibility index (Phi) is 8.36. The van der Waals surface area contributed by atoms with Gasteiger partial charge in [0.2, 0.25) is 0 Å². The molecule has 2 aromatic carbocycles. The first-order valence-corrected chi connectivity index (χ1v) is 12.6. The molecule has 0 spiro atoms. The zero-order valence-electron chi connectivity index (χ0n) is 19.6. The number of benzene rings is 2. The molecule has 36 heavy (non-hydrogen) atoms. The van der Waals surface area contributed by atoms with Crippen LogP contribution in [-0.4, -0.2) is 20.2 Å². The van der Waals surface area contributed by atoms with Gasteiger partial charge in [-0.15, -0.1) is 0 Å². The molecule has 0 amide bonds. The van der Waals surface area contributed by atoms with Crippen LogP contribution in [0.2, 0.25) is 0 Å². The highest BCUT2D eigenvalue weighted by atomic mass is 32.2. The molecule has 0 aliphatic carbocycles. The van der Waals surface area contributed by atoms with E-state index in [1.165, 1.54) is 23.5 Å². The number of aromatic nitrogens is 2. The van der Waals surface area contributed by atoms with Gasteiger partial charge in [0.1, 0.15) is 0 Å². The van der Waals surface area contributed by atoms with Crippen molar-refractivity contribution in [3.8, 4) is 35.1 Å². The van der Waals surface area contributed by atoms with Crippen molar-refractivity contribution in [2.24, 2.45) is 0 Å². The van der Waals surface area contributed by atoms with Crippen molar-refractivity contribution in [2.75, 3.05) is 0 Å². The number of carbonyl (C=O) groups excluding carboxylic acids is 2. The summed E-state index contributed by atoms with van der Waals surface area (Å²) in [4.78, 5) is 33.2. The van der Waals surface area contributed by atoms with E-state index in [1.54, 1.807) is 26.2 Å². The number of hydrogen-bond acceptors (Lipinski definition) is 6. The fourth-order valence-electron chi connectivity index (χ4n) is 3.13. The Labute approximate surface area is 219 Å². The van der Waals surface area contributed by atoms with Gasteiger partial charge in [0.15, 0.2) is 10.2 Å². The third-order valence-corrected chi connectivity index (χ3v) is 6.31. The van der Waals surface area contributed by atoms with E-state index in [-0.39, 0.29) is 10.2 Å². The smallest absolute Gasteiger partial charge is 0.190 e. The number of carbonyl (C=O) groups is 2. The quantitative estimate of drug-likeness (QED) is 0.244. The molecule has 6 heteroatoms. The zero-order valence-corrected chi connectivity index (χ0v) is 21.2. The minimum absolute atomic E-state index is 0.0563. The molecule has 0 unspecified atom stereocenters. The maximum Gasteiger partial charge on any atom is 0.190 e. The van der Waals surface area contributed by atoms with Crippen molar-refractivity contribution in [3.05, 3.63) is 107 Å². The second-order valence-corrected chi connectivity index (χ2v) is 10.1. The Morgan fingerprint density at radius 1 is 0.556 bits per heavy atom. The van der Waals surface area contributed by atoms with Gasteiger partial charge in [-0.3, -0.25) is 19.6 Å². The predicted octanol–water partition coefficient (Wildman–Crippen LogP) is 6.22. The highest BCUT2D eigenvalue weighted by molar-refractivity contribution is 8.13. The van der Waals surface area contributed by atoms with E-state index in [1.807, 2.05) is 72.8 Å². The molecule has 4 aromatic rings. The SMILES string of the molecule is CC(=O)Sc1ccc(C#Cc2ccnc(-c3cc(C#Cc4ccc(SC(C)=O)cc4)ccn3)c2)cc1. The molecule has 0 atom stereocenters. The Balaban J connectivity index is 1.49. The van der Waals surface area contributed by atoms with Crippen LogP contribution in [0.1, 0.15) is 36.1 Å². The molecule has 2 heterocycles. The van der Waals surface area contributed by atoms with Gasteiger partial charge in [-0.2, -0.15) is 0 Å². The van der Waals surface area contributed by atoms with Crippen LogP contribution in [0.25, 0.3) is 11.4 Å². The normalized spacial score (nSPS) is 9.94. The second-order valence-electron chi connectivity index (χ2n) is 7.60. The Morgan fingerprint density at radius 2 is 0.917 bits per heavy atom. The van der Waals surface area contributed by atoms with Gasteiger partial charge in [-0.25, -0.2) is 0 Å². The molecule has 0 saturated carbocycles. The lowest BCUT2D eigenvalue weighted by molar-refractivity contribution is -0.109. The Hall–Kier alpha value is -4.10. The van der Waals surface area contributed by atoms with Gasteiger partial charge in [0.25, 0.3) is 0 Å². The number of nitrogens with zero attached hydrogens (tertiary/aromatic N) is 2. The van der Waals surface area contributed by atoms with E-state index in [0.29, 0.717) is 11.4 Å². The summed E-state index contributed by atoms with van der Waals surface area (Å²) in [6.07, 6.45) is 3.43. The highest BCUT2D eigenvalue weighted by Gasteiger charge is 2.03. The van der Waals surface area contributed by atoms with E-state index in [2.05, 4.69) is 33.6 Å². The number of pyridine rings is 2. The lowest BCUT2D eigenvalue weighted by Gasteiger charge is -2.01. The minimum Gasteiger partial charge on any atom is -0.287 e. The van der Waals surface area contributed by atoms with Crippen molar-refractivity contribution < 1.29 is 9.59 Å². The summed E-state index contributed by atoms with van der Waals surface area (Å²) in [6.45, 7) is 3.10. The summed E-state index contributed by atoms with van der Waals surface area (Å²) in [5.41, 5.74) is 4.80. The van der Waals surface area contributed by atoms with Gasteiger partial charge < -0.3 is 0 Å². The predicted molar refractivity (Wildman–Crippen MR) is 145 cm³/mol. The number of thioether (sulfide) groups is 2. The Bertz CT molecular complexity index is 1420. The summed E-state index contributed by atoms with van der Waals surface area (Å²) in [7, 11) is 0. The zero-order chi connectivity index (χ0) is 25.3. The summed E-state index contributed by atoms with van der Waals surface area (Å²) >= 11 is 2.41. The lowest BCUT2D eigenvalue weighted by Crippen LogP contribution is -1.89. The van der Waals surface area contributed by atoms with E-state index < -0.39 is 0 Å². The molecule has 0 aliphatic rings. The van der Waals surface area contributed by atoms with Crippen molar-refractivity contribution >= 4 is 33.8 Å². The van der Waals surface area contributed by atoms with Crippen molar-refractivity contribution in [2.45, 2.75) is 23.6 Å². The van der Waals surface area contributed by atoms with Crippen LogP contribution in [0.4, 0.5) is 0 Å². The third kappa shape index (κ3) is 7.45. The van der Waals surface area contributed by atoms with Crippen LogP contribution in [0.15, 0.2) is 95.0 Å². The van der Waals surface area contributed by atoms with Crippen LogP contribution in [0, 0.1) is 23.7 Å². The van der Waals surface area contributed by atoms with Crippen molar-refractivity contribution in [1.29, 1.82) is 0 Å². The number of hydrogen-bond donors (Lipinski definition) is 0. The summed E-state index contributed by atoms with van der Waals surface area (Å²) in [6, 6.07) is 22.7. The van der Waals surface area contributed by atoms with Crippen LogP contribution in [0.5, 0.6) is 0 Å². The molecule has 0 N–H and O–H groups in total. The molecule has 4 nitrogen and oxygen atoms in total. The largest absolute Gasteiger partial charge is 0.287 e. The molecular formula is C30H20N2O2S2. The monoisotopic (exact) mass is 504 g/mol. The second kappa shape index (κ2) is 12.0. The standard InChI is InChI=1S/C30H20N2O2S2/c1-21(33)35-27-11-7-23(8-12-27)3-5-25-15-17-31-29(19-25)30-20-26(16-18-32-30)6-4-24-9-13-28(14-10-24)36-22(2)34/h7-20H,1-2H3. The first kappa shape index (κ1) is 25.0. The van der Waals surface area contributed by atoms with Crippen molar-refractivity contribution in [3.63, 3.8) is 0 Å². The first-order valence-electron chi connectivity index (χ1n) is 11.0. The minimum atomic E-state index is 0.0563. The van der Waals surface area contributed by atoms with Crippen LogP contribution in [0.3, 0.4) is 0 Å². The lowest BCUT2D eigenvalue weighted by atomic mass is 10.1. The summed E-state index contributed by atoms with van der Waals surface area (Å²) in [5.74, 6) is 12.6. The van der Waals surface area contributed by atoms with E-state index in [0.717, 1.165) is 32.0 Å². The average Bonchev–Trinajstić information content (AvgIpc) is 2.88. The van der Waals surface area contributed by atoms with Gasteiger partial charge in [-0.05, 0) is 72.8 Å². The fourth-order valence-corrected chi connectivity index (χ4v) is 4.34. The molecule has 0 radical (unpaired) electrons. The molecule has 0 aliphatic heterocycles. The van der Waals surface area contributed by atoms with Gasteiger partial charge in [0.05, 0.1) is 11.4 Å². The molecule has 0 bridgehead atoms. The van der Waals surface area contributed by atoms with Gasteiger partial charge in [-0.1, -0.05) is 47.2 Å². The third-order valence-electron chi connectivity index (χ3n) is 4.72. The molecule has 0 saturated heterocycles. The molecule has 4 rings (SSSR count). The topological polar surface area (TPSA) is 59.9 Å². The van der Waals surface area contributed by atoms with E-state index in [4.69, 9.17) is 0 Å². The van der Waals surface area contributed by atoms with Crippen LogP contribution < -0.4 is 0 Å². The highest BCUT2D eigenvalue weighted by Crippen LogP contribution is 2.20. The molecule has 174 valence electrons. The average molecular weight is 505 g/mol. The fraction of sp³-hybridized carbons (Fsp3) is 0.0667. The van der Waals surface area contributed by atoms with Crippen LogP contribution >= 0.6 is 23.5 Å². The molecule has 2 aromatic heterocycles.